The first-order valence-corrected chi connectivity index (χ1v) is 7.73. The van der Waals surface area contributed by atoms with Crippen molar-refractivity contribution >= 4 is 21.8 Å². The average Bonchev–Trinajstić information content (AvgIpc) is 2.37. The molecule has 0 spiro atoms. The molecule has 1 aromatic rings. The Labute approximate surface area is 129 Å². The van der Waals surface area contributed by atoms with Gasteiger partial charge in [-0.15, -0.1) is 0 Å². The van der Waals surface area contributed by atoms with Gasteiger partial charge in [0.2, 0.25) is 0 Å². The van der Waals surface area contributed by atoms with Crippen LogP contribution in [0.25, 0.3) is 0 Å². The molecule has 1 aromatic carbocycles. The van der Waals surface area contributed by atoms with Gasteiger partial charge < -0.3 is 15.4 Å². The molecule has 0 atom stereocenters. The van der Waals surface area contributed by atoms with E-state index in [0.717, 1.165) is 35.3 Å². The van der Waals surface area contributed by atoms with Crippen molar-refractivity contribution in [3.05, 3.63) is 28.2 Å². The summed E-state index contributed by atoms with van der Waals surface area (Å²) in [6, 6.07) is 5.94. The van der Waals surface area contributed by atoms with E-state index < -0.39 is 0 Å². The van der Waals surface area contributed by atoms with Crippen LogP contribution in [0.3, 0.4) is 0 Å². The van der Waals surface area contributed by atoms with Gasteiger partial charge in [-0.05, 0) is 45.0 Å². The fourth-order valence-corrected chi connectivity index (χ4v) is 2.14. The lowest BCUT2D eigenvalue weighted by atomic mass is 10.2. The van der Waals surface area contributed by atoms with Crippen LogP contribution in [0, 0.1) is 0 Å². The van der Waals surface area contributed by atoms with Gasteiger partial charge in [0.05, 0.1) is 0 Å². The Balaban J connectivity index is 2.61. The first-order valence-electron chi connectivity index (χ1n) is 6.94. The van der Waals surface area contributed by atoms with Crippen LogP contribution in [0.4, 0.5) is 0 Å². The molecule has 0 aliphatic carbocycles. The highest BCUT2D eigenvalue weighted by Gasteiger charge is 2.08. The van der Waals surface area contributed by atoms with Gasteiger partial charge in [-0.2, -0.15) is 0 Å². The number of rotatable bonds is 8. The molecule has 0 radical (unpaired) electrons. The molecular weight excluding hydrogens is 320 g/mol. The number of benzene rings is 1. The van der Waals surface area contributed by atoms with E-state index in [9.17, 15) is 4.79 Å². The van der Waals surface area contributed by atoms with Gasteiger partial charge in [-0.25, -0.2) is 0 Å². The maximum atomic E-state index is 11.6. The van der Waals surface area contributed by atoms with E-state index in [0.29, 0.717) is 0 Å². The number of ether oxygens (including phenoxy) is 1. The molecule has 0 fully saturated rings. The van der Waals surface area contributed by atoms with Gasteiger partial charge in [0.15, 0.2) is 6.61 Å². The number of amides is 1. The molecule has 112 valence electrons. The third kappa shape index (κ3) is 6.39. The molecule has 4 nitrogen and oxygen atoms in total. The molecule has 0 saturated heterocycles. The summed E-state index contributed by atoms with van der Waals surface area (Å²) in [6.45, 7) is 7.71. The molecular formula is C15H23BrN2O2. The van der Waals surface area contributed by atoms with Crippen LogP contribution in [-0.4, -0.2) is 25.1 Å². The predicted molar refractivity (Wildman–Crippen MR) is 84.9 cm³/mol. The summed E-state index contributed by atoms with van der Waals surface area (Å²) in [5.41, 5.74) is 1.05. The Bertz CT molecular complexity index is 436. The van der Waals surface area contributed by atoms with E-state index in [2.05, 4.69) is 33.5 Å². The minimum absolute atomic E-state index is 0.0423. The minimum Gasteiger partial charge on any atom is -0.483 e. The van der Waals surface area contributed by atoms with E-state index in [4.69, 9.17) is 4.74 Å². The van der Waals surface area contributed by atoms with E-state index in [-0.39, 0.29) is 18.6 Å². The van der Waals surface area contributed by atoms with Crippen molar-refractivity contribution in [1.29, 1.82) is 0 Å². The van der Waals surface area contributed by atoms with Crippen molar-refractivity contribution < 1.29 is 9.53 Å². The lowest BCUT2D eigenvalue weighted by Crippen LogP contribution is -2.34. The second-order valence-electron chi connectivity index (χ2n) is 4.94. The van der Waals surface area contributed by atoms with Crippen molar-refractivity contribution in [2.24, 2.45) is 0 Å². The topological polar surface area (TPSA) is 50.4 Å². The number of nitrogens with one attached hydrogen (secondary N) is 2. The van der Waals surface area contributed by atoms with Crippen LogP contribution >= 0.6 is 15.9 Å². The summed E-state index contributed by atoms with van der Waals surface area (Å²) < 4.78 is 6.62. The number of hydrogen-bond acceptors (Lipinski definition) is 3. The van der Waals surface area contributed by atoms with E-state index in [1.165, 1.54) is 0 Å². The molecule has 1 rings (SSSR count). The Kier molecular flexibility index (Phi) is 7.62. The quantitative estimate of drug-likeness (QED) is 0.714. The monoisotopic (exact) mass is 342 g/mol. The smallest absolute Gasteiger partial charge is 0.258 e. The summed E-state index contributed by atoms with van der Waals surface area (Å²) in [7, 11) is 0. The van der Waals surface area contributed by atoms with Gasteiger partial charge in [0.1, 0.15) is 5.75 Å². The van der Waals surface area contributed by atoms with Crippen molar-refractivity contribution in [3.63, 3.8) is 0 Å². The molecule has 5 heteroatoms. The van der Waals surface area contributed by atoms with Gasteiger partial charge in [0.25, 0.3) is 5.91 Å². The minimum atomic E-state index is -0.101. The maximum absolute atomic E-state index is 11.6. The fourth-order valence-electron chi connectivity index (χ4n) is 1.73. The third-order valence-corrected chi connectivity index (χ3v) is 3.07. The molecule has 0 aromatic heterocycles. The molecule has 0 aliphatic rings. The van der Waals surface area contributed by atoms with Crippen LogP contribution in [0.1, 0.15) is 32.8 Å². The van der Waals surface area contributed by atoms with Gasteiger partial charge >= 0.3 is 0 Å². The summed E-state index contributed by atoms with van der Waals surface area (Å²) in [6.07, 6.45) is 1.08. The van der Waals surface area contributed by atoms with Crippen molar-refractivity contribution in [2.45, 2.75) is 39.8 Å². The number of halogens is 1. The van der Waals surface area contributed by atoms with Gasteiger partial charge in [0, 0.05) is 22.6 Å². The van der Waals surface area contributed by atoms with Crippen molar-refractivity contribution in [2.75, 3.05) is 13.2 Å². The number of carbonyl (C=O) groups is 1. The highest BCUT2D eigenvalue weighted by molar-refractivity contribution is 9.10. The van der Waals surface area contributed by atoms with Crippen molar-refractivity contribution in [3.8, 4) is 5.75 Å². The summed E-state index contributed by atoms with van der Waals surface area (Å²) in [5.74, 6) is 0.645. The van der Waals surface area contributed by atoms with E-state index >= 15 is 0 Å². The van der Waals surface area contributed by atoms with Crippen LogP contribution in [0.2, 0.25) is 0 Å². The average molecular weight is 343 g/mol. The Morgan fingerprint density at radius 2 is 2.15 bits per heavy atom. The second-order valence-corrected chi connectivity index (χ2v) is 5.86. The van der Waals surface area contributed by atoms with Crippen LogP contribution in [0.15, 0.2) is 22.7 Å². The molecule has 20 heavy (non-hydrogen) atoms. The third-order valence-electron chi connectivity index (χ3n) is 2.57. The van der Waals surface area contributed by atoms with Crippen molar-refractivity contribution in [1.82, 2.24) is 10.6 Å². The van der Waals surface area contributed by atoms with Crippen LogP contribution in [-0.2, 0) is 11.3 Å². The van der Waals surface area contributed by atoms with E-state index in [1.54, 1.807) is 0 Å². The lowest BCUT2D eigenvalue weighted by Gasteiger charge is -2.13. The second kappa shape index (κ2) is 8.97. The molecule has 0 aliphatic heterocycles. The molecule has 0 unspecified atom stereocenters. The highest BCUT2D eigenvalue weighted by atomic mass is 79.9. The van der Waals surface area contributed by atoms with E-state index in [1.807, 2.05) is 32.0 Å². The molecule has 1 amide bonds. The first kappa shape index (κ1) is 17.0. The van der Waals surface area contributed by atoms with Crippen LogP contribution in [0.5, 0.6) is 5.75 Å². The standard InChI is InChI=1S/C15H23BrN2O2/c1-4-7-17-9-12-8-13(16)5-6-14(12)20-10-15(19)18-11(2)3/h5-6,8,11,17H,4,7,9-10H2,1-3H3,(H,18,19). The zero-order valence-corrected chi connectivity index (χ0v) is 13.9. The number of carbonyl (C=O) groups excluding carboxylic acids is 1. The summed E-state index contributed by atoms with van der Waals surface area (Å²) in [4.78, 5) is 11.6. The zero-order chi connectivity index (χ0) is 15.0. The largest absolute Gasteiger partial charge is 0.483 e. The lowest BCUT2D eigenvalue weighted by molar-refractivity contribution is -0.123. The fraction of sp³-hybridized carbons (Fsp3) is 0.533. The Morgan fingerprint density at radius 3 is 2.80 bits per heavy atom. The van der Waals surface area contributed by atoms with Crippen LogP contribution < -0.4 is 15.4 Å². The molecule has 0 bridgehead atoms. The number of hydrogen-bond donors (Lipinski definition) is 2. The highest BCUT2D eigenvalue weighted by Crippen LogP contribution is 2.23. The normalized spacial score (nSPS) is 10.7. The van der Waals surface area contributed by atoms with Gasteiger partial charge in [-0.3, -0.25) is 4.79 Å². The zero-order valence-electron chi connectivity index (χ0n) is 12.3. The SMILES string of the molecule is CCCNCc1cc(Br)ccc1OCC(=O)NC(C)C. The Morgan fingerprint density at radius 1 is 1.40 bits per heavy atom. The summed E-state index contributed by atoms with van der Waals surface area (Å²) in [5, 5.41) is 6.14. The molecule has 0 heterocycles. The van der Waals surface area contributed by atoms with Gasteiger partial charge in [-0.1, -0.05) is 22.9 Å². The Hall–Kier alpha value is -1.07. The molecule has 2 N–H and O–H groups in total. The predicted octanol–water partition coefficient (Wildman–Crippen LogP) is 2.85. The maximum Gasteiger partial charge on any atom is 0.258 e. The first-order chi connectivity index (χ1) is 9.52. The summed E-state index contributed by atoms with van der Waals surface area (Å²) >= 11 is 3.46. The molecule has 0 saturated carbocycles.